The summed E-state index contributed by atoms with van der Waals surface area (Å²) in [7, 11) is -1.69. The Morgan fingerprint density at radius 2 is 1.36 bits per heavy atom. The van der Waals surface area contributed by atoms with Crippen LogP contribution in [0.3, 0.4) is 0 Å². The van der Waals surface area contributed by atoms with Gasteiger partial charge in [-0.25, -0.2) is 4.79 Å². The summed E-state index contributed by atoms with van der Waals surface area (Å²) >= 11 is 0. The molecule has 0 heterocycles. The number of rotatable bonds is 9. The van der Waals surface area contributed by atoms with Crippen LogP contribution in [-0.2, 0) is 9.16 Å². The lowest BCUT2D eigenvalue weighted by Crippen LogP contribution is -2.42. The van der Waals surface area contributed by atoms with Crippen LogP contribution in [0.4, 0.5) is 4.79 Å². The number of carbonyl (C=O) groups is 1. The topological polar surface area (TPSA) is 38.8 Å². The first kappa shape index (κ1) is 24.4. The summed E-state index contributed by atoms with van der Waals surface area (Å²) < 4.78 is 11.8. The van der Waals surface area contributed by atoms with Gasteiger partial charge in [-0.3, -0.25) is 0 Å². The Hall–Kier alpha value is -0.553. The molecule has 1 amide bonds. The molecular weight excluding hydrogens is 330 g/mol. The predicted molar refractivity (Wildman–Crippen MR) is 110 cm³/mol. The molecule has 0 aromatic carbocycles. The second-order valence-electron chi connectivity index (χ2n) is 9.98. The molecule has 25 heavy (non-hydrogen) atoms. The molecule has 0 aliphatic carbocycles. The van der Waals surface area contributed by atoms with E-state index in [2.05, 4.69) is 47.7 Å². The normalized spacial score (nSPS) is 13.5. The van der Waals surface area contributed by atoms with Crippen molar-refractivity contribution in [3.05, 3.63) is 0 Å². The fourth-order valence-electron chi connectivity index (χ4n) is 2.43. The van der Waals surface area contributed by atoms with E-state index in [9.17, 15) is 4.79 Å². The molecule has 150 valence electrons. The minimum absolute atomic E-state index is 0.100. The van der Waals surface area contributed by atoms with Crippen LogP contribution in [0, 0.1) is 5.41 Å². The van der Waals surface area contributed by atoms with E-state index in [4.69, 9.17) is 9.16 Å². The predicted octanol–water partition coefficient (Wildman–Crippen LogP) is 6.07. The molecule has 4 nitrogen and oxygen atoms in total. The molecule has 0 spiro atoms. The summed E-state index contributed by atoms with van der Waals surface area (Å²) in [5, 5.41) is 0.240. The van der Waals surface area contributed by atoms with Crippen LogP contribution < -0.4 is 0 Å². The van der Waals surface area contributed by atoms with Crippen molar-refractivity contribution < 1.29 is 14.0 Å². The number of ether oxygens (including phenoxy) is 1. The van der Waals surface area contributed by atoms with Gasteiger partial charge in [0, 0.05) is 18.7 Å². The lowest BCUT2D eigenvalue weighted by atomic mass is 9.86. The molecule has 0 saturated carbocycles. The van der Waals surface area contributed by atoms with E-state index in [0.29, 0.717) is 6.61 Å². The molecule has 5 heteroatoms. The quantitative estimate of drug-likeness (QED) is 0.460. The van der Waals surface area contributed by atoms with Crippen LogP contribution >= 0.6 is 0 Å². The number of carbonyl (C=O) groups excluding carboxylic acids is 1. The van der Waals surface area contributed by atoms with Crippen molar-refractivity contribution >= 4 is 14.4 Å². The van der Waals surface area contributed by atoms with Gasteiger partial charge in [-0.15, -0.1) is 0 Å². The van der Waals surface area contributed by atoms with Crippen LogP contribution in [0.15, 0.2) is 0 Å². The number of amides is 1. The molecule has 0 aliphatic heterocycles. The van der Waals surface area contributed by atoms with Crippen LogP contribution in [0.2, 0.25) is 18.1 Å². The number of hydrogen-bond acceptors (Lipinski definition) is 3. The molecule has 0 rings (SSSR count). The Bertz CT molecular complexity index is 404. The molecule has 0 N–H and O–H groups in total. The maximum absolute atomic E-state index is 12.3. The molecular formula is C20H43NO3Si. The highest BCUT2D eigenvalue weighted by atomic mass is 28.4. The van der Waals surface area contributed by atoms with E-state index < -0.39 is 8.32 Å². The zero-order chi connectivity index (χ0) is 20.1. The Morgan fingerprint density at radius 1 is 0.920 bits per heavy atom. The minimum Gasteiger partial charge on any atom is -0.449 e. The molecule has 0 aromatic heterocycles. The van der Waals surface area contributed by atoms with Crippen LogP contribution in [-0.4, -0.2) is 44.6 Å². The summed E-state index contributed by atoms with van der Waals surface area (Å²) in [4.78, 5) is 14.0. The van der Waals surface area contributed by atoms with Crippen molar-refractivity contribution in [3.63, 3.8) is 0 Å². The van der Waals surface area contributed by atoms with Crippen molar-refractivity contribution in [3.8, 4) is 0 Å². The first-order valence-electron chi connectivity index (χ1n) is 9.70. The smallest absolute Gasteiger partial charge is 0.410 e. The lowest BCUT2D eigenvalue weighted by molar-refractivity contribution is 0.0672. The monoisotopic (exact) mass is 373 g/mol. The molecule has 0 radical (unpaired) electrons. The summed E-state index contributed by atoms with van der Waals surface area (Å²) in [6, 6.07) is 0.303. The third-order valence-electron chi connectivity index (χ3n) is 5.38. The van der Waals surface area contributed by atoms with E-state index in [0.717, 1.165) is 19.4 Å². The highest BCUT2D eigenvalue weighted by Gasteiger charge is 2.37. The zero-order valence-corrected chi connectivity index (χ0v) is 19.7. The van der Waals surface area contributed by atoms with E-state index in [1.165, 1.54) is 0 Å². The van der Waals surface area contributed by atoms with Crippen LogP contribution in [0.25, 0.3) is 0 Å². The Morgan fingerprint density at radius 3 is 1.76 bits per heavy atom. The SMILES string of the molecule is CC(C)N(C(=O)OCCC(C)(C)CCO[Si](C)(C)C(C)(C)C)C(C)C. The Labute approximate surface area is 157 Å². The van der Waals surface area contributed by atoms with Crippen molar-refractivity contribution in [1.29, 1.82) is 0 Å². The molecule has 0 saturated heterocycles. The second kappa shape index (κ2) is 9.40. The average molecular weight is 374 g/mol. The lowest BCUT2D eigenvalue weighted by Gasteiger charge is -2.37. The summed E-state index contributed by atoms with van der Waals surface area (Å²) in [6.45, 7) is 25.1. The fourth-order valence-corrected chi connectivity index (χ4v) is 3.48. The minimum atomic E-state index is -1.69. The zero-order valence-electron chi connectivity index (χ0n) is 18.7. The average Bonchev–Trinajstić information content (AvgIpc) is 2.35. The van der Waals surface area contributed by atoms with Crippen molar-refractivity contribution in [2.75, 3.05) is 13.2 Å². The Balaban J connectivity index is 4.35. The third kappa shape index (κ3) is 8.58. The third-order valence-corrected chi connectivity index (χ3v) is 9.91. The van der Waals surface area contributed by atoms with Crippen molar-refractivity contribution in [2.24, 2.45) is 5.41 Å². The summed E-state index contributed by atoms with van der Waals surface area (Å²) in [5.74, 6) is 0. The van der Waals surface area contributed by atoms with Gasteiger partial charge in [0.1, 0.15) is 0 Å². The highest BCUT2D eigenvalue weighted by molar-refractivity contribution is 6.74. The van der Waals surface area contributed by atoms with Gasteiger partial charge in [0.15, 0.2) is 8.32 Å². The van der Waals surface area contributed by atoms with Gasteiger partial charge in [-0.2, -0.15) is 0 Å². The highest BCUT2D eigenvalue weighted by Crippen LogP contribution is 2.37. The standard InChI is InChI=1S/C20H43NO3Si/c1-16(2)21(17(3)4)18(22)23-14-12-20(8,9)13-15-24-25(10,11)19(5,6)7/h16-17H,12-15H2,1-11H3. The largest absolute Gasteiger partial charge is 0.449 e. The van der Waals surface area contributed by atoms with Crippen LogP contribution in [0.5, 0.6) is 0 Å². The first-order chi connectivity index (χ1) is 11.1. The van der Waals surface area contributed by atoms with Crippen molar-refractivity contribution in [1.82, 2.24) is 4.90 Å². The molecule has 0 bridgehead atoms. The van der Waals surface area contributed by atoms with Gasteiger partial charge in [-0.05, 0) is 64.1 Å². The Kier molecular flexibility index (Phi) is 9.19. The van der Waals surface area contributed by atoms with Gasteiger partial charge >= 0.3 is 6.09 Å². The first-order valence-corrected chi connectivity index (χ1v) is 12.6. The van der Waals surface area contributed by atoms with E-state index in [-0.39, 0.29) is 28.6 Å². The van der Waals surface area contributed by atoms with E-state index in [1.54, 1.807) is 4.90 Å². The summed E-state index contributed by atoms with van der Waals surface area (Å²) in [6.07, 6.45) is 1.62. The van der Waals surface area contributed by atoms with E-state index in [1.807, 2.05) is 27.7 Å². The van der Waals surface area contributed by atoms with Gasteiger partial charge in [-0.1, -0.05) is 34.6 Å². The van der Waals surface area contributed by atoms with Gasteiger partial charge in [0.05, 0.1) is 6.61 Å². The van der Waals surface area contributed by atoms with Crippen LogP contribution in [0.1, 0.15) is 75.2 Å². The summed E-state index contributed by atoms with van der Waals surface area (Å²) in [5.41, 5.74) is 0.100. The molecule has 0 aromatic rings. The molecule has 0 aliphatic rings. The maximum atomic E-state index is 12.3. The van der Waals surface area contributed by atoms with Gasteiger partial charge in [0.2, 0.25) is 0 Å². The second-order valence-corrected chi connectivity index (χ2v) is 14.8. The van der Waals surface area contributed by atoms with Gasteiger partial charge < -0.3 is 14.1 Å². The molecule has 0 atom stereocenters. The number of hydrogen-bond donors (Lipinski definition) is 0. The fraction of sp³-hybridized carbons (Fsp3) is 0.950. The maximum Gasteiger partial charge on any atom is 0.410 e. The molecule has 0 unspecified atom stereocenters. The van der Waals surface area contributed by atoms with E-state index >= 15 is 0 Å². The molecule has 0 fully saturated rings. The van der Waals surface area contributed by atoms with Crippen molar-refractivity contribution in [2.45, 2.75) is 105 Å². The number of nitrogens with zero attached hydrogens (tertiary/aromatic N) is 1. The van der Waals surface area contributed by atoms with Gasteiger partial charge in [0.25, 0.3) is 0 Å².